The molecule has 4 heteroatoms. The van der Waals surface area contributed by atoms with E-state index in [9.17, 15) is 5.11 Å². The van der Waals surface area contributed by atoms with Crippen LogP contribution in [0.1, 0.15) is 63.8 Å². The van der Waals surface area contributed by atoms with Crippen LogP contribution in [0.3, 0.4) is 0 Å². The van der Waals surface area contributed by atoms with Gasteiger partial charge in [-0.05, 0) is 118 Å². The minimum Gasteiger partial charge on any atom is -0.507 e. The Morgan fingerprint density at radius 3 is 1.90 bits per heavy atom. The van der Waals surface area contributed by atoms with E-state index < -0.39 is 0 Å². The minimum atomic E-state index is 0.0345. The van der Waals surface area contributed by atoms with Gasteiger partial charge in [0.15, 0.2) is 0 Å². The van der Waals surface area contributed by atoms with E-state index >= 15 is 0 Å². The van der Waals surface area contributed by atoms with Gasteiger partial charge in [0.05, 0.1) is 11.4 Å². The number of aromatic nitrogens is 2. The van der Waals surface area contributed by atoms with Gasteiger partial charge in [-0.2, -0.15) is 0 Å². The number of phenolic OH excluding ortho intramolecular Hbond substituents is 1. The van der Waals surface area contributed by atoms with Crippen molar-refractivity contribution >= 4 is 17.2 Å². The Labute approximate surface area is 285 Å². The summed E-state index contributed by atoms with van der Waals surface area (Å²) in [5, 5.41) is 10.7. The molecule has 0 aliphatic carbocycles. The summed E-state index contributed by atoms with van der Waals surface area (Å²) in [6.45, 7) is 17.8. The fourth-order valence-electron chi connectivity index (χ4n) is 6.32. The Bertz CT molecular complexity index is 2060. The maximum absolute atomic E-state index is 10.7. The lowest BCUT2D eigenvalue weighted by Crippen LogP contribution is -2.14. The Balaban J connectivity index is 1.45. The normalized spacial score (nSPS) is 11.8. The Hall–Kier alpha value is -5.22. The van der Waals surface area contributed by atoms with Crippen LogP contribution in [0.4, 0.5) is 17.2 Å². The predicted molar refractivity (Wildman–Crippen MR) is 202 cm³/mol. The highest BCUT2D eigenvalue weighted by Crippen LogP contribution is 2.39. The van der Waals surface area contributed by atoms with Crippen LogP contribution in [-0.4, -0.2) is 15.1 Å². The van der Waals surface area contributed by atoms with Crippen LogP contribution in [0.15, 0.2) is 121 Å². The molecule has 0 fully saturated rings. The van der Waals surface area contributed by atoms with Crippen molar-refractivity contribution in [2.75, 3.05) is 4.90 Å². The van der Waals surface area contributed by atoms with Crippen molar-refractivity contribution in [1.82, 2.24) is 9.97 Å². The molecule has 6 rings (SSSR count). The maximum Gasteiger partial charge on any atom is 0.138 e. The number of aryl methyl sites for hydroxylation is 2. The van der Waals surface area contributed by atoms with E-state index in [4.69, 9.17) is 9.97 Å². The third-order valence-electron chi connectivity index (χ3n) is 8.98. The summed E-state index contributed by atoms with van der Waals surface area (Å²) in [6, 6.07) is 39.4. The summed E-state index contributed by atoms with van der Waals surface area (Å²) in [7, 11) is 0. The van der Waals surface area contributed by atoms with E-state index in [-0.39, 0.29) is 16.6 Å². The summed E-state index contributed by atoms with van der Waals surface area (Å²) in [4.78, 5) is 12.2. The van der Waals surface area contributed by atoms with E-state index in [0.29, 0.717) is 0 Å². The lowest BCUT2D eigenvalue weighted by Gasteiger charge is -2.27. The first-order valence-electron chi connectivity index (χ1n) is 16.6. The SMILES string of the molecule is Cc1cc(C(C)(C)C)cc(C)c1-c1ccnc(-c2cccc(N(c3ccc(C(C)(C)C)cc3)c3cccc(-c4ccccc4O)c3)n2)c1. The largest absolute Gasteiger partial charge is 0.507 e. The Kier molecular flexibility index (Phi) is 8.70. The molecule has 2 heterocycles. The zero-order valence-electron chi connectivity index (χ0n) is 29.3. The third kappa shape index (κ3) is 6.75. The molecule has 48 heavy (non-hydrogen) atoms. The van der Waals surface area contributed by atoms with E-state index in [1.54, 1.807) is 6.07 Å². The van der Waals surface area contributed by atoms with Crippen LogP contribution < -0.4 is 4.90 Å². The topological polar surface area (TPSA) is 49.2 Å². The van der Waals surface area contributed by atoms with Crippen LogP contribution in [0.2, 0.25) is 0 Å². The first-order valence-corrected chi connectivity index (χ1v) is 16.6. The van der Waals surface area contributed by atoms with Gasteiger partial charge in [-0.3, -0.25) is 9.88 Å². The first kappa shape index (κ1) is 32.7. The average Bonchev–Trinajstić information content (AvgIpc) is 3.05. The molecule has 0 saturated carbocycles. The van der Waals surface area contributed by atoms with E-state index in [2.05, 4.69) is 121 Å². The quantitative estimate of drug-likeness (QED) is 0.199. The molecular weight excluding hydrogens is 587 g/mol. The summed E-state index contributed by atoms with van der Waals surface area (Å²) < 4.78 is 0. The summed E-state index contributed by atoms with van der Waals surface area (Å²) in [6.07, 6.45) is 1.88. The fourth-order valence-corrected chi connectivity index (χ4v) is 6.32. The number of rotatable bonds is 6. The molecule has 242 valence electrons. The molecule has 0 spiro atoms. The summed E-state index contributed by atoms with van der Waals surface area (Å²) >= 11 is 0. The molecule has 0 unspecified atom stereocenters. The van der Waals surface area contributed by atoms with Crippen LogP contribution in [0, 0.1) is 13.8 Å². The summed E-state index contributed by atoms with van der Waals surface area (Å²) in [5.74, 6) is 1.03. The monoisotopic (exact) mass is 631 g/mol. The standard InChI is InChI=1S/C44H45N3O/c1-29-25-34(44(6,7)8)26-30(2)42(29)32-23-24-45-39(28-32)38-16-12-18-41(46-38)47(35-21-19-33(20-22-35)43(3,4)5)36-14-11-13-31(27-36)37-15-9-10-17-40(37)48/h9-28,48H,1-8H3. The zero-order valence-corrected chi connectivity index (χ0v) is 29.3. The first-order chi connectivity index (χ1) is 22.8. The lowest BCUT2D eigenvalue weighted by atomic mass is 9.82. The highest BCUT2D eigenvalue weighted by molar-refractivity contribution is 5.81. The number of para-hydroxylation sites is 1. The van der Waals surface area contributed by atoms with Crippen LogP contribution in [-0.2, 0) is 10.8 Å². The van der Waals surface area contributed by atoms with E-state index in [1.807, 2.05) is 54.7 Å². The summed E-state index contributed by atoms with van der Waals surface area (Å²) in [5.41, 5.74) is 12.9. The minimum absolute atomic E-state index is 0.0345. The highest BCUT2D eigenvalue weighted by atomic mass is 16.3. The van der Waals surface area contributed by atoms with Gasteiger partial charge in [0, 0.05) is 23.1 Å². The second-order valence-electron chi connectivity index (χ2n) is 14.7. The van der Waals surface area contributed by atoms with Crippen LogP contribution in [0.5, 0.6) is 5.75 Å². The maximum atomic E-state index is 10.7. The number of benzene rings is 4. The number of hydrogen-bond acceptors (Lipinski definition) is 4. The van der Waals surface area contributed by atoms with Gasteiger partial charge in [0.1, 0.15) is 11.6 Å². The number of nitrogens with zero attached hydrogens (tertiary/aromatic N) is 3. The molecule has 0 aliphatic rings. The van der Waals surface area contributed by atoms with E-state index in [0.717, 1.165) is 45.3 Å². The molecule has 0 radical (unpaired) electrons. The van der Waals surface area contributed by atoms with Crippen molar-refractivity contribution in [3.05, 3.63) is 144 Å². The smallest absolute Gasteiger partial charge is 0.138 e. The van der Waals surface area contributed by atoms with Crippen molar-refractivity contribution in [1.29, 1.82) is 0 Å². The number of aromatic hydroxyl groups is 1. The van der Waals surface area contributed by atoms with Crippen molar-refractivity contribution < 1.29 is 5.11 Å². The molecule has 1 N–H and O–H groups in total. The molecule has 4 nitrogen and oxygen atoms in total. The molecular formula is C44H45N3O. The van der Waals surface area contributed by atoms with E-state index in [1.165, 1.54) is 27.8 Å². The molecule has 0 bridgehead atoms. The zero-order chi connectivity index (χ0) is 34.2. The fraction of sp³-hybridized carbons (Fsp3) is 0.227. The van der Waals surface area contributed by atoms with Crippen molar-refractivity contribution in [3.8, 4) is 39.4 Å². The van der Waals surface area contributed by atoms with Gasteiger partial charge in [-0.25, -0.2) is 4.98 Å². The second-order valence-corrected chi connectivity index (χ2v) is 14.7. The molecule has 0 atom stereocenters. The molecule has 0 saturated heterocycles. The van der Waals surface area contributed by atoms with Crippen molar-refractivity contribution in [2.24, 2.45) is 0 Å². The number of hydrogen-bond donors (Lipinski definition) is 1. The lowest BCUT2D eigenvalue weighted by molar-refractivity contribution is 0.477. The molecule has 0 amide bonds. The molecule has 6 aromatic rings. The van der Waals surface area contributed by atoms with Gasteiger partial charge >= 0.3 is 0 Å². The van der Waals surface area contributed by atoms with Gasteiger partial charge in [0.2, 0.25) is 0 Å². The molecule has 2 aromatic heterocycles. The van der Waals surface area contributed by atoms with Crippen molar-refractivity contribution in [3.63, 3.8) is 0 Å². The van der Waals surface area contributed by atoms with Gasteiger partial charge in [-0.15, -0.1) is 0 Å². The molecule has 4 aromatic carbocycles. The number of pyridine rings is 2. The van der Waals surface area contributed by atoms with Crippen LogP contribution in [0.25, 0.3) is 33.6 Å². The third-order valence-corrected chi connectivity index (χ3v) is 8.98. The van der Waals surface area contributed by atoms with Gasteiger partial charge < -0.3 is 5.11 Å². The van der Waals surface area contributed by atoms with Crippen LogP contribution >= 0.6 is 0 Å². The van der Waals surface area contributed by atoms with Gasteiger partial charge in [0.25, 0.3) is 0 Å². The number of anilines is 3. The Morgan fingerprint density at radius 1 is 0.562 bits per heavy atom. The van der Waals surface area contributed by atoms with Gasteiger partial charge in [-0.1, -0.05) is 102 Å². The molecule has 0 aliphatic heterocycles. The number of phenols is 1. The highest BCUT2D eigenvalue weighted by Gasteiger charge is 2.20. The van der Waals surface area contributed by atoms with Crippen molar-refractivity contribution in [2.45, 2.75) is 66.2 Å². The Morgan fingerprint density at radius 2 is 1.23 bits per heavy atom. The second kappa shape index (κ2) is 12.8. The predicted octanol–water partition coefficient (Wildman–Crippen LogP) is 11.9. The average molecular weight is 632 g/mol.